The summed E-state index contributed by atoms with van der Waals surface area (Å²) in [5, 5.41) is 9.10. The number of ether oxygens (including phenoxy) is 1. The van der Waals surface area contributed by atoms with Gasteiger partial charge in [-0.3, -0.25) is 0 Å². The minimum Gasteiger partial charge on any atom is -0.373 e. The zero-order valence-electron chi connectivity index (χ0n) is 12.6. The zero-order chi connectivity index (χ0) is 15.0. The standard InChI is InChI=1S/C17H21FN2O/c1-20-10-13-6-4-7-14(11-20)17(13,21-2)15-8-3-5-12(9-19)16(15)18/h3,5,8,13-14H,4,6-7,10-11H2,1-2H3. The SMILES string of the molecule is COC1(c2cccc(C#N)c2F)C2CCCC1CN(C)C2. The van der Waals surface area contributed by atoms with Crippen LogP contribution in [0.3, 0.4) is 0 Å². The average Bonchev–Trinajstić information content (AvgIpc) is 2.47. The number of rotatable bonds is 2. The van der Waals surface area contributed by atoms with Gasteiger partial charge in [0.1, 0.15) is 17.5 Å². The predicted molar refractivity (Wildman–Crippen MR) is 78.1 cm³/mol. The third-order valence-corrected chi connectivity index (χ3v) is 5.26. The topological polar surface area (TPSA) is 36.3 Å². The van der Waals surface area contributed by atoms with Crippen LogP contribution in [-0.2, 0) is 10.3 Å². The van der Waals surface area contributed by atoms with Crippen molar-refractivity contribution in [3.8, 4) is 6.07 Å². The highest BCUT2D eigenvalue weighted by Crippen LogP contribution is 2.51. The highest BCUT2D eigenvalue weighted by Gasteiger charge is 2.53. The highest BCUT2D eigenvalue weighted by molar-refractivity contribution is 5.39. The molecule has 1 aliphatic carbocycles. The third kappa shape index (κ3) is 2.07. The van der Waals surface area contributed by atoms with Crippen molar-refractivity contribution >= 4 is 0 Å². The summed E-state index contributed by atoms with van der Waals surface area (Å²) in [6.45, 7) is 1.83. The predicted octanol–water partition coefficient (Wildman–Crippen LogP) is 2.90. The molecular formula is C17H21FN2O. The average molecular weight is 288 g/mol. The number of nitrogens with zero attached hydrogens (tertiary/aromatic N) is 2. The van der Waals surface area contributed by atoms with Crippen LogP contribution < -0.4 is 0 Å². The number of piperidine rings is 1. The van der Waals surface area contributed by atoms with E-state index in [0.29, 0.717) is 5.56 Å². The molecule has 1 aliphatic heterocycles. The van der Waals surface area contributed by atoms with Gasteiger partial charge in [0.25, 0.3) is 0 Å². The Bertz CT molecular complexity index is 567. The lowest BCUT2D eigenvalue weighted by molar-refractivity contribution is -0.167. The molecule has 3 nitrogen and oxygen atoms in total. The van der Waals surface area contributed by atoms with Gasteiger partial charge in [0.2, 0.25) is 0 Å². The van der Waals surface area contributed by atoms with E-state index < -0.39 is 11.4 Å². The van der Waals surface area contributed by atoms with Crippen molar-refractivity contribution < 1.29 is 9.13 Å². The van der Waals surface area contributed by atoms with E-state index >= 15 is 0 Å². The van der Waals surface area contributed by atoms with Crippen LogP contribution in [0.2, 0.25) is 0 Å². The summed E-state index contributed by atoms with van der Waals surface area (Å²) in [7, 11) is 3.81. The number of likely N-dealkylation sites (tertiary alicyclic amines) is 1. The molecule has 0 aromatic heterocycles. The maximum Gasteiger partial charge on any atom is 0.147 e. The number of methoxy groups -OCH3 is 1. The van der Waals surface area contributed by atoms with Gasteiger partial charge in [0.15, 0.2) is 0 Å². The summed E-state index contributed by atoms with van der Waals surface area (Å²) in [5.41, 5.74) is 0.106. The Morgan fingerprint density at radius 2 is 2.00 bits per heavy atom. The van der Waals surface area contributed by atoms with Crippen LogP contribution >= 0.6 is 0 Å². The first-order valence-corrected chi connectivity index (χ1v) is 7.56. The number of fused-ring (bicyclic) bond motifs is 2. The minimum absolute atomic E-state index is 0.112. The molecule has 21 heavy (non-hydrogen) atoms. The summed E-state index contributed by atoms with van der Waals surface area (Å²) in [6.07, 6.45) is 3.27. The molecule has 0 radical (unpaired) electrons. The molecule has 2 unspecified atom stereocenters. The molecule has 3 rings (SSSR count). The van der Waals surface area contributed by atoms with E-state index in [-0.39, 0.29) is 17.4 Å². The molecule has 1 saturated heterocycles. The van der Waals surface area contributed by atoms with Crippen molar-refractivity contribution in [3.05, 3.63) is 35.1 Å². The largest absolute Gasteiger partial charge is 0.373 e. The van der Waals surface area contributed by atoms with E-state index in [0.717, 1.165) is 25.9 Å². The van der Waals surface area contributed by atoms with Crippen LogP contribution in [0.15, 0.2) is 18.2 Å². The molecule has 112 valence electrons. The van der Waals surface area contributed by atoms with Crippen LogP contribution in [0, 0.1) is 29.0 Å². The summed E-state index contributed by atoms with van der Waals surface area (Å²) in [5.74, 6) is 0.162. The first-order valence-electron chi connectivity index (χ1n) is 7.56. The summed E-state index contributed by atoms with van der Waals surface area (Å²) in [6, 6.07) is 7.06. The summed E-state index contributed by atoms with van der Waals surface area (Å²) >= 11 is 0. The van der Waals surface area contributed by atoms with Gasteiger partial charge in [-0.15, -0.1) is 0 Å². The van der Waals surface area contributed by atoms with Crippen LogP contribution in [-0.4, -0.2) is 32.1 Å². The number of halogens is 1. The Kier molecular flexibility index (Phi) is 3.73. The monoisotopic (exact) mass is 288 g/mol. The molecule has 1 heterocycles. The van der Waals surface area contributed by atoms with Crippen LogP contribution in [0.4, 0.5) is 4.39 Å². The minimum atomic E-state index is -0.582. The van der Waals surface area contributed by atoms with Crippen molar-refractivity contribution in [1.82, 2.24) is 4.90 Å². The van der Waals surface area contributed by atoms with Gasteiger partial charge in [-0.1, -0.05) is 18.6 Å². The molecule has 0 N–H and O–H groups in total. The molecule has 2 bridgehead atoms. The Balaban J connectivity index is 2.15. The number of hydrogen-bond acceptors (Lipinski definition) is 3. The normalized spacial score (nSPS) is 32.7. The van der Waals surface area contributed by atoms with E-state index in [2.05, 4.69) is 11.9 Å². The lowest BCUT2D eigenvalue weighted by Crippen LogP contribution is -2.58. The quantitative estimate of drug-likeness (QED) is 0.839. The first-order chi connectivity index (χ1) is 10.1. The number of hydrogen-bond donors (Lipinski definition) is 0. The molecule has 1 aromatic rings. The van der Waals surface area contributed by atoms with E-state index in [9.17, 15) is 4.39 Å². The van der Waals surface area contributed by atoms with Gasteiger partial charge < -0.3 is 9.64 Å². The zero-order valence-corrected chi connectivity index (χ0v) is 12.6. The Hall–Kier alpha value is -1.44. The smallest absolute Gasteiger partial charge is 0.147 e. The fourth-order valence-corrected chi connectivity index (χ4v) is 4.46. The maximum atomic E-state index is 14.8. The Labute approximate surface area is 125 Å². The van der Waals surface area contributed by atoms with Gasteiger partial charge in [-0.2, -0.15) is 5.26 Å². The number of nitriles is 1. The van der Waals surface area contributed by atoms with Crippen molar-refractivity contribution in [2.45, 2.75) is 24.9 Å². The van der Waals surface area contributed by atoms with Crippen LogP contribution in [0.25, 0.3) is 0 Å². The van der Waals surface area contributed by atoms with E-state index in [4.69, 9.17) is 10.00 Å². The maximum absolute atomic E-state index is 14.8. The summed E-state index contributed by atoms with van der Waals surface area (Å²) in [4.78, 5) is 2.32. The fourth-order valence-electron chi connectivity index (χ4n) is 4.46. The molecule has 1 aromatic carbocycles. The lowest BCUT2D eigenvalue weighted by Gasteiger charge is -2.54. The molecule has 1 saturated carbocycles. The van der Waals surface area contributed by atoms with Crippen LogP contribution in [0.5, 0.6) is 0 Å². The van der Waals surface area contributed by atoms with Gasteiger partial charge in [-0.05, 0) is 26.0 Å². The molecule has 0 amide bonds. The van der Waals surface area contributed by atoms with Gasteiger partial charge in [0.05, 0.1) is 5.56 Å². The second-order valence-corrected chi connectivity index (χ2v) is 6.32. The fraction of sp³-hybridized carbons (Fsp3) is 0.588. The van der Waals surface area contributed by atoms with E-state index in [1.165, 1.54) is 12.5 Å². The second-order valence-electron chi connectivity index (χ2n) is 6.32. The molecular weight excluding hydrogens is 267 g/mol. The van der Waals surface area contributed by atoms with Crippen molar-refractivity contribution in [2.24, 2.45) is 11.8 Å². The lowest BCUT2D eigenvalue weighted by atomic mass is 9.62. The molecule has 0 spiro atoms. The molecule has 2 aliphatic rings. The molecule has 2 fully saturated rings. The van der Waals surface area contributed by atoms with Crippen molar-refractivity contribution in [3.63, 3.8) is 0 Å². The van der Waals surface area contributed by atoms with Crippen molar-refractivity contribution in [2.75, 3.05) is 27.2 Å². The second kappa shape index (κ2) is 5.40. The van der Waals surface area contributed by atoms with Gasteiger partial charge >= 0.3 is 0 Å². The first kappa shape index (κ1) is 14.5. The summed E-state index contributed by atoms with van der Waals surface area (Å²) < 4.78 is 20.8. The van der Waals surface area contributed by atoms with E-state index in [1.54, 1.807) is 19.2 Å². The number of benzene rings is 1. The van der Waals surface area contributed by atoms with Crippen LogP contribution in [0.1, 0.15) is 30.4 Å². The Morgan fingerprint density at radius 1 is 1.33 bits per heavy atom. The van der Waals surface area contributed by atoms with E-state index in [1.807, 2.05) is 6.07 Å². The molecule has 4 heteroatoms. The Morgan fingerprint density at radius 3 is 2.57 bits per heavy atom. The highest BCUT2D eigenvalue weighted by atomic mass is 19.1. The third-order valence-electron chi connectivity index (χ3n) is 5.26. The van der Waals surface area contributed by atoms with Crippen molar-refractivity contribution in [1.29, 1.82) is 5.26 Å². The molecule has 2 atom stereocenters. The van der Waals surface area contributed by atoms with Gasteiger partial charge in [0, 0.05) is 37.6 Å². The van der Waals surface area contributed by atoms with Gasteiger partial charge in [-0.25, -0.2) is 4.39 Å².